The van der Waals surface area contributed by atoms with Crippen LogP contribution in [0.3, 0.4) is 0 Å². The van der Waals surface area contributed by atoms with Gasteiger partial charge < -0.3 is 65.3 Å². The molecular weight excluding hydrogens is 1500 g/mol. The van der Waals surface area contributed by atoms with Gasteiger partial charge in [0.1, 0.15) is 29.0 Å². The number of primary amides is 1. The highest BCUT2D eigenvalue weighted by atomic mass is 19.4. The van der Waals surface area contributed by atoms with Gasteiger partial charge in [-0.15, -0.1) is 0 Å². The number of nitrogen functional groups attached to an aromatic ring is 1. The molecule has 2 fully saturated rings. The van der Waals surface area contributed by atoms with E-state index in [4.69, 9.17) is 30.5 Å². The van der Waals surface area contributed by atoms with Gasteiger partial charge in [-0.1, -0.05) is 82.3 Å². The summed E-state index contributed by atoms with van der Waals surface area (Å²) in [6.07, 6.45) is 11.0. The zero-order valence-electron chi connectivity index (χ0n) is 66.2. The smallest absolute Gasteiger partial charge is 0.416 e. The number of methoxy groups -OCH3 is 1. The van der Waals surface area contributed by atoms with E-state index < -0.39 is 106 Å². The number of nitrogens with one attached hydrogen (secondary N) is 3. The molecule has 9 heterocycles. The number of phenols is 3. The fraction of sp³-hybridized carbons (Fsp3) is 0.361. The number of phenolic OH excluding ortho intramolecular Hbond substituents is 3. The van der Waals surface area contributed by atoms with Crippen LogP contribution >= 0.6 is 0 Å². The lowest BCUT2D eigenvalue weighted by molar-refractivity contribution is -0.160. The number of rotatable bonds is 12. The second-order valence-corrected chi connectivity index (χ2v) is 28.6. The van der Waals surface area contributed by atoms with Crippen molar-refractivity contribution >= 4 is 63.7 Å². The predicted molar refractivity (Wildman–Crippen MR) is 428 cm³/mol. The fourth-order valence-corrected chi connectivity index (χ4v) is 13.7. The van der Waals surface area contributed by atoms with Crippen molar-refractivity contribution in [1.82, 2.24) is 44.8 Å². The van der Waals surface area contributed by atoms with Crippen LogP contribution in [0, 0.1) is 37.5 Å². The normalized spacial score (nSPS) is 22.5. The van der Waals surface area contributed by atoms with E-state index in [0.29, 0.717) is 62.6 Å². The van der Waals surface area contributed by atoms with Gasteiger partial charge in [-0.25, -0.2) is 10.8 Å². The van der Waals surface area contributed by atoms with E-state index in [1.165, 1.54) is 103 Å². The highest BCUT2D eigenvalue weighted by Gasteiger charge is 2.50. The molecule has 13 rings (SSSR count). The third-order valence-electron chi connectivity index (χ3n) is 20.6. The molecule has 12 N–H and O–H groups in total. The number of aliphatic hydroxyl groups is 2. The van der Waals surface area contributed by atoms with Gasteiger partial charge in [0.2, 0.25) is 0 Å². The summed E-state index contributed by atoms with van der Waals surface area (Å²) in [5.74, 6) is -4.55. The number of carbonyl (C=O) groups is 6. The first-order chi connectivity index (χ1) is 55.2. The number of benzene rings is 4. The quantitative estimate of drug-likeness (QED) is 0.0104. The number of hydrazine groups is 1. The molecule has 116 heavy (non-hydrogen) atoms. The van der Waals surface area contributed by atoms with Crippen molar-refractivity contribution in [3.05, 3.63) is 215 Å². The van der Waals surface area contributed by atoms with Crippen LogP contribution in [0.4, 0.5) is 24.5 Å². The number of aromatic nitrogens is 5. The Bertz CT molecular complexity index is 4910. The van der Waals surface area contributed by atoms with Crippen LogP contribution < -0.4 is 37.4 Å². The molecule has 4 aromatic heterocycles. The van der Waals surface area contributed by atoms with E-state index in [0.717, 1.165) is 41.7 Å². The van der Waals surface area contributed by atoms with Crippen LogP contribution in [-0.2, 0) is 36.5 Å². The molecule has 4 aromatic carbocycles. The van der Waals surface area contributed by atoms with Crippen LogP contribution in [0.2, 0.25) is 0 Å². The van der Waals surface area contributed by atoms with E-state index in [1.54, 1.807) is 87.6 Å². The maximum Gasteiger partial charge on any atom is 0.416 e. The summed E-state index contributed by atoms with van der Waals surface area (Å²) in [4.78, 5) is 95.9. The number of amides is 4. The largest absolute Gasteiger partial charge is 0.507 e. The van der Waals surface area contributed by atoms with E-state index in [1.807, 2.05) is 59.3 Å². The van der Waals surface area contributed by atoms with E-state index in [-0.39, 0.29) is 62.0 Å². The van der Waals surface area contributed by atoms with Gasteiger partial charge in [-0.2, -0.15) is 18.3 Å². The molecule has 5 aliphatic heterocycles. The first-order valence-corrected chi connectivity index (χ1v) is 37.3. The highest BCUT2D eigenvalue weighted by molar-refractivity contribution is 6.24. The molecule has 0 saturated carbocycles. The van der Waals surface area contributed by atoms with Gasteiger partial charge in [0.25, 0.3) is 29.4 Å². The minimum atomic E-state index is -4.36. The Hall–Kier alpha value is -12.1. The molecule has 616 valence electrons. The third kappa shape index (κ3) is 21.2. The van der Waals surface area contributed by atoms with Crippen molar-refractivity contribution in [2.45, 2.75) is 105 Å². The Kier molecular flexibility index (Phi) is 29.7. The number of carbonyl (C=O) groups excluding carboxylic acids is 6. The zero-order chi connectivity index (χ0) is 84.5. The van der Waals surface area contributed by atoms with Crippen molar-refractivity contribution in [2.24, 2.45) is 40.3 Å². The van der Waals surface area contributed by atoms with Gasteiger partial charge >= 0.3 is 17.9 Å². The minimum absolute atomic E-state index is 0.0559. The number of nitrogens with zero attached hydrogens (tertiary/aromatic N) is 10. The SMILES string of the molecule is CO[C@H]1/C=C/O[C@@]2(C)Oc3c(C)c(O)c4c(O)c(c(/C=N\N5CCN(C)CC5)c(O)c4c3C2=O)NC(=O)/C(C)=C\C=C\[C@H](C)[C@H](O)[C@@H](C)[C@@H](O)[C@@H](C)[C@H](OC(C)=O)[C@@H]1C.Cc1c(CN2CCN(c3cccc(C(F)(F)F)c3)CC2)cc(-c2ccccc2)n1NC(=O)c1ccncc1.NC(=O)c1cnccn1.NNC(=O)c1ccncc1. The number of fused-ring (bicyclic) bond motifs is 14. The first kappa shape index (κ1) is 87.8. The molecule has 0 unspecified atom stereocenters. The lowest BCUT2D eigenvalue weighted by Crippen LogP contribution is -2.46. The number of hydrogen-bond acceptors (Lipinski definition) is 25. The molecule has 0 aliphatic carbocycles. The van der Waals surface area contributed by atoms with Gasteiger partial charge in [-0.3, -0.25) is 69.2 Å². The second-order valence-electron chi connectivity index (χ2n) is 28.6. The van der Waals surface area contributed by atoms with E-state index in [2.05, 4.69) is 51.6 Å². The maximum atomic E-state index is 14.4. The average Bonchev–Trinajstić information content (AvgIpc) is 1.25. The Balaban J connectivity index is 0.000000226. The molecule has 9 atom stereocenters. The van der Waals surface area contributed by atoms with Gasteiger partial charge in [0.15, 0.2) is 5.75 Å². The third-order valence-corrected chi connectivity index (χ3v) is 20.6. The van der Waals surface area contributed by atoms with Crippen molar-refractivity contribution in [2.75, 3.05) is 82.2 Å². The van der Waals surface area contributed by atoms with Crippen molar-refractivity contribution in [1.29, 1.82) is 0 Å². The number of aromatic hydroxyl groups is 3. The topological polar surface area (TPSA) is 410 Å². The Morgan fingerprint density at radius 1 is 0.767 bits per heavy atom. The van der Waals surface area contributed by atoms with Crippen molar-refractivity contribution in [3.63, 3.8) is 0 Å². The predicted octanol–water partition coefficient (Wildman–Crippen LogP) is 9.18. The number of allylic oxidation sites excluding steroid dienone is 2. The zero-order valence-corrected chi connectivity index (χ0v) is 66.2. The van der Waals surface area contributed by atoms with Crippen LogP contribution in [0.1, 0.15) is 118 Å². The molecule has 0 spiro atoms. The maximum absolute atomic E-state index is 14.4. The molecule has 5 bridgehead atoms. The number of piperazine rings is 2. The highest BCUT2D eigenvalue weighted by Crippen LogP contribution is 2.55. The summed E-state index contributed by atoms with van der Waals surface area (Å²) in [7, 11) is 3.42. The summed E-state index contributed by atoms with van der Waals surface area (Å²) >= 11 is 0. The molecular formula is C83H98F3N15O15. The number of alkyl halides is 3. The summed E-state index contributed by atoms with van der Waals surface area (Å²) in [6.45, 7) is 20.4. The number of halogens is 3. The number of anilines is 2. The molecule has 0 radical (unpaired) electrons. The Morgan fingerprint density at radius 3 is 2.00 bits per heavy atom. The summed E-state index contributed by atoms with van der Waals surface area (Å²) in [5, 5.41) is 66.8. The number of nitrogens with two attached hydrogens (primary N) is 2. The number of pyridine rings is 2. The number of hydrazone groups is 1. The Labute approximate surface area is 668 Å². The number of ether oxygens (including phenoxy) is 4. The lowest BCUT2D eigenvalue weighted by Gasteiger charge is -2.38. The standard InChI is InChI=1S/C43H58N4O12.C29H28F3N5O.C6H7N3O.C5H5N3O/c1-21-12-11-13-22(2)42(55)45-33-28(20-44-47-17-15-46(9)16-18-47)37(52)30-31(38(33)53)36(51)26(6)40-32(30)41(54)43(8,59-40)57-19-14-29(56-10)23(3)39(58-27(7)48)25(5)35(50)24(4)34(21)49;1-21-24(20-35-14-16-36(17-15-35)26-9-5-8-25(19-26)29(30,31)32)18-27(22-6-3-2-4-7-22)37(21)34-28(38)23-10-12-33-13-11-23;7-9-6(10)5-1-3-8-4-2-5;6-5(9)4-3-7-1-2-8-4/h11-14,19-21,23-25,29,34-35,39,49-53H,15-18H2,1-10H3,(H,45,55);2-13,18-19H,14-17,20H2,1H3,(H,34,38);1-4H,7H2,(H,9,10);1-3H,(H2,6,9)/b12-11+,19-14+,22-13-,44-20-;;;/t21-,23+,24+,25+,29-,34-,35+,39+,43-;;;/m0.../s1. The van der Waals surface area contributed by atoms with Gasteiger partial charge in [0, 0.05) is 185 Å². The molecule has 4 amide bonds. The Morgan fingerprint density at radius 2 is 1.41 bits per heavy atom. The number of Topliss-reactive ketones (excluding diaryl/α,β-unsaturated/α-hetero) is 1. The molecule has 30 nitrogen and oxygen atoms in total. The monoisotopic (exact) mass is 1600 g/mol. The average molecular weight is 1600 g/mol. The van der Waals surface area contributed by atoms with Crippen LogP contribution in [-0.4, -0.2) is 203 Å². The summed E-state index contributed by atoms with van der Waals surface area (Å²) < 4.78 is 64.9. The number of ketones is 1. The molecule has 33 heteroatoms. The van der Waals surface area contributed by atoms with Crippen molar-refractivity contribution < 1.29 is 86.4 Å². The first-order valence-electron chi connectivity index (χ1n) is 37.3. The number of likely N-dealkylation sites (N-methyl/N-ethyl adjacent to an activating group) is 1. The van der Waals surface area contributed by atoms with Crippen LogP contribution in [0.5, 0.6) is 23.0 Å². The van der Waals surface area contributed by atoms with E-state index >= 15 is 0 Å². The summed E-state index contributed by atoms with van der Waals surface area (Å²) in [6, 6.07) is 24.0. The molecule has 5 aliphatic rings. The van der Waals surface area contributed by atoms with Crippen LogP contribution in [0.15, 0.2) is 170 Å². The fourth-order valence-electron chi connectivity index (χ4n) is 13.7. The molecule has 2 saturated heterocycles. The van der Waals surface area contributed by atoms with Gasteiger partial charge in [-0.05, 0) is 88.0 Å². The minimum Gasteiger partial charge on any atom is -0.507 e. The van der Waals surface area contributed by atoms with Crippen molar-refractivity contribution in [3.8, 4) is 34.3 Å². The lowest BCUT2D eigenvalue weighted by atomic mass is 9.78. The van der Waals surface area contributed by atoms with Crippen LogP contribution in [0.25, 0.3) is 22.0 Å². The molecule has 8 aromatic rings. The number of hydrogen-bond donors (Lipinski definition) is 10. The van der Waals surface area contributed by atoms with E-state index in [9.17, 15) is 67.5 Å². The van der Waals surface area contributed by atoms with Gasteiger partial charge in [0.05, 0.1) is 70.4 Å². The number of esters is 1. The number of aliphatic hydroxyl groups excluding tert-OH is 2. The summed E-state index contributed by atoms with van der Waals surface area (Å²) in [5.41, 5.74) is 14.6. The second kappa shape index (κ2) is 39.3.